The van der Waals surface area contributed by atoms with E-state index in [0.717, 1.165) is 67.7 Å². The van der Waals surface area contributed by atoms with Crippen LogP contribution in [0.3, 0.4) is 0 Å². The van der Waals surface area contributed by atoms with Crippen molar-refractivity contribution >= 4 is 39.6 Å². The van der Waals surface area contributed by atoms with Crippen molar-refractivity contribution in [3.63, 3.8) is 0 Å². The maximum Gasteiger partial charge on any atom is 0.341 e. The number of thiophene rings is 1. The number of fused-ring (bicyclic) bond motifs is 1. The zero-order valence-corrected chi connectivity index (χ0v) is 16.7. The Labute approximate surface area is 159 Å². The number of nitrogens with zero attached hydrogens (tertiary/aromatic N) is 2. The lowest BCUT2D eigenvalue weighted by Gasteiger charge is -2.35. The predicted octanol–water partition coefficient (Wildman–Crippen LogP) is 3.14. The number of hydrogen-bond acceptors (Lipinski definition) is 5. The summed E-state index contributed by atoms with van der Waals surface area (Å²) in [6.45, 7) is 9.44. The minimum Gasteiger partial charge on any atom is -0.462 e. The van der Waals surface area contributed by atoms with Crippen molar-refractivity contribution in [3.8, 4) is 0 Å². The monoisotopic (exact) mass is 381 g/mol. The molecular formula is C18H27N3O2S2. The van der Waals surface area contributed by atoms with E-state index in [-0.39, 0.29) is 5.97 Å². The molecule has 2 aliphatic rings. The van der Waals surface area contributed by atoms with E-state index < -0.39 is 0 Å². The molecule has 0 aromatic carbocycles. The van der Waals surface area contributed by atoms with E-state index in [2.05, 4.69) is 22.0 Å². The number of rotatable bonds is 4. The molecule has 138 valence electrons. The van der Waals surface area contributed by atoms with E-state index in [1.807, 2.05) is 6.92 Å². The number of anilines is 1. The van der Waals surface area contributed by atoms with Crippen LogP contribution in [-0.2, 0) is 17.6 Å². The van der Waals surface area contributed by atoms with Crippen LogP contribution in [0.1, 0.15) is 47.5 Å². The van der Waals surface area contributed by atoms with Crippen LogP contribution in [0.15, 0.2) is 0 Å². The Hall–Kier alpha value is -1.18. The number of piperazine rings is 1. The van der Waals surface area contributed by atoms with Gasteiger partial charge >= 0.3 is 5.97 Å². The van der Waals surface area contributed by atoms with Crippen LogP contribution in [0, 0.1) is 0 Å². The summed E-state index contributed by atoms with van der Waals surface area (Å²) in [4.78, 5) is 18.5. The number of aryl methyl sites for hydroxylation is 1. The van der Waals surface area contributed by atoms with E-state index in [0.29, 0.717) is 6.61 Å². The molecule has 0 bridgehead atoms. The second-order valence-corrected chi connectivity index (χ2v) is 7.98. The molecule has 7 heteroatoms. The first kappa shape index (κ1) is 18.6. The van der Waals surface area contributed by atoms with Crippen molar-refractivity contribution in [1.82, 2.24) is 9.80 Å². The first-order valence-electron chi connectivity index (χ1n) is 9.24. The van der Waals surface area contributed by atoms with E-state index in [4.69, 9.17) is 17.0 Å². The Morgan fingerprint density at radius 1 is 1.20 bits per heavy atom. The molecule has 1 fully saturated rings. The van der Waals surface area contributed by atoms with Gasteiger partial charge in [-0.15, -0.1) is 11.3 Å². The van der Waals surface area contributed by atoms with E-state index in [9.17, 15) is 4.79 Å². The molecule has 5 nitrogen and oxygen atoms in total. The van der Waals surface area contributed by atoms with Gasteiger partial charge in [0.05, 0.1) is 12.2 Å². The third-order valence-corrected chi connectivity index (χ3v) is 6.55. The smallest absolute Gasteiger partial charge is 0.341 e. The van der Waals surface area contributed by atoms with Crippen LogP contribution in [0.25, 0.3) is 0 Å². The zero-order valence-electron chi connectivity index (χ0n) is 15.1. The van der Waals surface area contributed by atoms with Gasteiger partial charge in [0.15, 0.2) is 5.11 Å². The third-order valence-electron chi connectivity index (χ3n) is 4.98. The molecule has 1 aliphatic carbocycles. The Bertz CT molecular complexity index is 637. The molecule has 1 aromatic rings. The number of carbonyl (C=O) groups is 1. The van der Waals surface area contributed by atoms with Crippen molar-refractivity contribution in [3.05, 3.63) is 16.0 Å². The number of nitrogens with one attached hydrogen (secondary N) is 1. The summed E-state index contributed by atoms with van der Waals surface area (Å²) in [5.74, 6) is -0.219. The number of thiocarbonyl (C=S) groups is 1. The minimum atomic E-state index is -0.219. The second-order valence-electron chi connectivity index (χ2n) is 6.49. The van der Waals surface area contributed by atoms with Gasteiger partial charge in [0.2, 0.25) is 0 Å². The fourth-order valence-corrected chi connectivity index (χ4v) is 5.14. The number of likely N-dealkylation sites (N-methyl/N-ethyl adjacent to an activating group) is 1. The average Bonchev–Trinajstić information content (AvgIpc) is 2.99. The summed E-state index contributed by atoms with van der Waals surface area (Å²) in [6.07, 6.45) is 4.34. The van der Waals surface area contributed by atoms with Crippen LogP contribution in [0.5, 0.6) is 0 Å². The SMILES string of the molecule is CCOC(=O)c1c(NC(=S)N2CCN(CC)CC2)sc2c1CCCC2. The molecule has 1 N–H and O–H groups in total. The largest absolute Gasteiger partial charge is 0.462 e. The Morgan fingerprint density at radius 2 is 1.92 bits per heavy atom. The topological polar surface area (TPSA) is 44.8 Å². The minimum absolute atomic E-state index is 0.219. The highest BCUT2D eigenvalue weighted by atomic mass is 32.1. The maximum atomic E-state index is 12.5. The second kappa shape index (κ2) is 8.47. The van der Waals surface area contributed by atoms with Crippen molar-refractivity contribution in [1.29, 1.82) is 0 Å². The van der Waals surface area contributed by atoms with Crippen LogP contribution >= 0.6 is 23.6 Å². The average molecular weight is 382 g/mol. The number of carbonyl (C=O) groups excluding carboxylic acids is 1. The number of esters is 1. The maximum absolute atomic E-state index is 12.5. The van der Waals surface area contributed by atoms with Crippen molar-refractivity contribution < 1.29 is 9.53 Å². The lowest BCUT2D eigenvalue weighted by molar-refractivity contribution is 0.0526. The predicted molar refractivity (Wildman–Crippen MR) is 107 cm³/mol. The molecular weight excluding hydrogens is 354 g/mol. The molecule has 0 spiro atoms. The first-order chi connectivity index (χ1) is 12.1. The van der Waals surface area contributed by atoms with Gasteiger partial charge in [-0.05, 0) is 56.9 Å². The van der Waals surface area contributed by atoms with Crippen LogP contribution < -0.4 is 5.32 Å². The molecule has 0 atom stereocenters. The van der Waals surface area contributed by atoms with E-state index >= 15 is 0 Å². The molecule has 2 heterocycles. The van der Waals surface area contributed by atoms with Gasteiger partial charge in [0, 0.05) is 31.1 Å². The van der Waals surface area contributed by atoms with Crippen LogP contribution in [-0.4, -0.2) is 60.2 Å². The van der Waals surface area contributed by atoms with Crippen molar-refractivity contribution in [2.24, 2.45) is 0 Å². The van der Waals surface area contributed by atoms with E-state index in [1.54, 1.807) is 11.3 Å². The standard InChI is InChI=1S/C18H27N3O2S2/c1-3-20-9-11-21(12-10-20)18(24)19-16-15(17(22)23-4-2)13-7-5-6-8-14(13)25-16/h3-12H2,1-2H3,(H,19,24). The summed E-state index contributed by atoms with van der Waals surface area (Å²) in [7, 11) is 0. The van der Waals surface area contributed by atoms with Crippen LogP contribution in [0.4, 0.5) is 5.00 Å². The highest BCUT2D eigenvalue weighted by molar-refractivity contribution is 7.80. The zero-order chi connectivity index (χ0) is 17.8. The Balaban J connectivity index is 1.76. The highest BCUT2D eigenvalue weighted by Crippen LogP contribution is 2.38. The molecule has 1 saturated heterocycles. The fourth-order valence-electron chi connectivity index (χ4n) is 3.52. The van der Waals surface area contributed by atoms with Gasteiger partial charge in [0.25, 0.3) is 0 Å². The lowest BCUT2D eigenvalue weighted by Crippen LogP contribution is -2.49. The van der Waals surface area contributed by atoms with Gasteiger partial charge in [-0.3, -0.25) is 0 Å². The molecule has 0 radical (unpaired) electrons. The summed E-state index contributed by atoms with van der Waals surface area (Å²) >= 11 is 7.31. The summed E-state index contributed by atoms with van der Waals surface area (Å²) in [5.41, 5.74) is 1.90. The lowest BCUT2D eigenvalue weighted by atomic mass is 9.95. The molecule has 0 saturated carbocycles. The summed E-state index contributed by atoms with van der Waals surface area (Å²) < 4.78 is 5.31. The highest BCUT2D eigenvalue weighted by Gasteiger charge is 2.28. The molecule has 3 rings (SSSR count). The molecule has 0 unspecified atom stereocenters. The van der Waals surface area contributed by atoms with Gasteiger partial charge in [0.1, 0.15) is 5.00 Å². The summed E-state index contributed by atoms with van der Waals surface area (Å²) in [5, 5.41) is 4.96. The number of ether oxygens (including phenoxy) is 1. The Kier molecular flexibility index (Phi) is 6.30. The van der Waals surface area contributed by atoms with Crippen molar-refractivity contribution in [2.75, 3.05) is 44.6 Å². The third kappa shape index (κ3) is 4.15. The van der Waals surface area contributed by atoms with Gasteiger partial charge < -0.3 is 19.9 Å². The van der Waals surface area contributed by atoms with Crippen LogP contribution in [0.2, 0.25) is 0 Å². The van der Waals surface area contributed by atoms with Gasteiger partial charge in [-0.25, -0.2) is 4.79 Å². The van der Waals surface area contributed by atoms with Crippen molar-refractivity contribution in [2.45, 2.75) is 39.5 Å². The normalized spacial score (nSPS) is 17.9. The molecule has 1 aliphatic heterocycles. The first-order valence-corrected chi connectivity index (χ1v) is 10.5. The fraction of sp³-hybridized carbons (Fsp3) is 0.667. The van der Waals surface area contributed by atoms with Gasteiger partial charge in [-0.1, -0.05) is 6.92 Å². The quantitative estimate of drug-likeness (QED) is 0.639. The van der Waals surface area contributed by atoms with E-state index in [1.165, 1.54) is 16.9 Å². The van der Waals surface area contributed by atoms with Gasteiger partial charge in [-0.2, -0.15) is 0 Å². The Morgan fingerprint density at radius 3 is 2.60 bits per heavy atom. The molecule has 1 aromatic heterocycles. The number of hydrogen-bond donors (Lipinski definition) is 1. The molecule has 25 heavy (non-hydrogen) atoms. The summed E-state index contributed by atoms with van der Waals surface area (Å²) in [6, 6.07) is 0. The molecule has 0 amide bonds.